The molecule has 14 heteroatoms. The number of rotatable bonds is 9. The minimum absolute atomic E-state index is 0.00318. The summed E-state index contributed by atoms with van der Waals surface area (Å²) in [6.07, 6.45) is 4.43. The first kappa shape index (κ1) is 34.2. The van der Waals surface area contributed by atoms with Crippen molar-refractivity contribution < 1.29 is 40.3 Å². The first-order chi connectivity index (χ1) is 21.3. The molecule has 2 aliphatic rings. The van der Waals surface area contributed by atoms with Crippen LogP contribution in [0.15, 0.2) is 42.5 Å². The summed E-state index contributed by atoms with van der Waals surface area (Å²) in [5, 5.41) is 8.19. The van der Waals surface area contributed by atoms with Gasteiger partial charge in [0.2, 0.25) is 21.9 Å². The summed E-state index contributed by atoms with van der Waals surface area (Å²) in [7, 11) is -2.54. The third kappa shape index (κ3) is 9.18. The zero-order valence-electron chi connectivity index (χ0n) is 24.6. The fourth-order valence-corrected chi connectivity index (χ4v) is 7.24. The van der Waals surface area contributed by atoms with Gasteiger partial charge < -0.3 is 20.7 Å². The van der Waals surface area contributed by atoms with Gasteiger partial charge in [-0.1, -0.05) is 24.1 Å². The molecule has 9 nitrogen and oxygen atoms in total. The lowest BCUT2D eigenvalue weighted by Crippen LogP contribution is -2.53. The predicted octanol–water partition coefficient (Wildman–Crippen LogP) is 4.06. The zero-order valence-corrected chi connectivity index (χ0v) is 25.4. The molecule has 1 aliphatic heterocycles. The minimum Gasteiger partial charge on any atom is -0.453 e. The van der Waals surface area contributed by atoms with Crippen LogP contribution in [0.4, 0.5) is 28.0 Å². The molecule has 244 valence electrons. The van der Waals surface area contributed by atoms with Crippen molar-refractivity contribution in [1.82, 2.24) is 15.4 Å². The molecule has 0 bridgehead atoms. The lowest BCUT2D eigenvalue weighted by molar-refractivity contribution is -0.130. The quantitative estimate of drug-likeness (QED) is 0.239. The van der Waals surface area contributed by atoms with Gasteiger partial charge in [-0.05, 0) is 61.4 Å². The summed E-state index contributed by atoms with van der Waals surface area (Å²) in [5.74, 6) is -4.30. The maximum Gasteiger partial charge on any atom is 0.407 e. The molecule has 0 aromatic heterocycles. The van der Waals surface area contributed by atoms with Crippen LogP contribution in [0.25, 0.3) is 0 Å². The minimum atomic E-state index is -3.62. The summed E-state index contributed by atoms with van der Waals surface area (Å²) >= 11 is 0. The van der Waals surface area contributed by atoms with E-state index in [0.717, 1.165) is 19.2 Å². The Kier molecular flexibility index (Phi) is 11.1. The van der Waals surface area contributed by atoms with Gasteiger partial charge in [0.15, 0.2) is 0 Å². The van der Waals surface area contributed by atoms with Gasteiger partial charge in [-0.3, -0.25) is 4.79 Å². The van der Waals surface area contributed by atoms with Crippen LogP contribution in [0.1, 0.15) is 49.1 Å². The molecule has 4 N–H and O–H groups in total. The molecule has 1 aliphatic carbocycles. The molecule has 1 heterocycles. The maximum atomic E-state index is 15.2. The number of amides is 2. The van der Waals surface area contributed by atoms with Crippen molar-refractivity contribution in [3.8, 4) is 12.3 Å². The first-order valence-corrected chi connectivity index (χ1v) is 16.2. The topological polar surface area (TPSA) is 126 Å². The molecule has 45 heavy (non-hydrogen) atoms. The third-order valence-corrected chi connectivity index (χ3v) is 9.69. The van der Waals surface area contributed by atoms with E-state index in [1.54, 1.807) is 0 Å². The van der Waals surface area contributed by atoms with E-state index in [-0.39, 0.29) is 42.4 Å². The number of alkyl halides is 2. The van der Waals surface area contributed by atoms with Crippen LogP contribution in [-0.4, -0.2) is 63.9 Å². The summed E-state index contributed by atoms with van der Waals surface area (Å²) in [5.41, 5.74) is 0.468. The van der Waals surface area contributed by atoms with E-state index < -0.39 is 76.3 Å². The molecule has 2 unspecified atom stereocenters. The highest BCUT2D eigenvalue weighted by Gasteiger charge is 2.52. The molecule has 0 spiro atoms. The van der Waals surface area contributed by atoms with Crippen molar-refractivity contribution in [3.63, 3.8) is 0 Å². The van der Waals surface area contributed by atoms with Crippen LogP contribution in [0.5, 0.6) is 0 Å². The van der Waals surface area contributed by atoms with Gasteiger partial charge in [-0.15, -0.1) is 6.42 Å². The highest BCUT2D eigenvalue weighted by molar-refractivity contribution is 7.89. The van der Waals surface area contributed by atoms with Crippen molar-refractivity contribution in [2.75, 3.05) is 24.7 Å². The number of sulfonamides is 1. The molecular formula is C31H36F4N4O5S. The van der Waals surface area contributed by atoms with Gasteiger partial charge in [-0.2, -0.15) is 0 Å². The molecule has 1 saturated heterocycles. The average Bonchev–Trinajstić information content (AvgIpc) is 3.04. The van der Waals surface area contributed by atoms with Crippen molar-refractivity contribution >= 4 is 27.7 Å². The van der Waals surface area contributed by atoms with Crippen LogP contribution in [0.2, 0.25) is 0 Å². The Morgan fingerprint density at radius 2 is 1.87 bits per heavy atom. The zero-order chi connectivity index (χ0) is 32.8. The summed E-state index contributed by atoms with van der Waals surface area (Å²) in [6.45, 7) is 0.195. The van der Waals surface area contributed by atoms with Crippen molar-refractivity contribution in [1.29, 1.82) is 0 Å². The number of carbonyl (C=O) groups excluding carboxylic acids is 2. The lowest BCUT2D eigenvalue weighted by Gasteiger charge is -2.43. The number of ether oxygens (including phenoxy) is 1. The Morgan fingerprint density at radius 1 is 1.16 bits per heavy atom. The van der Waals surface area contributed by atoms with Gasteiger partial charge in [0.1, 0.15) is 17.7 Å². The fraction of sp³-hybridized carbons (Fsp3) is 0.484. The maximum absolute atomic E-state index is 15.2. The number of nitrogens with one attached hydrogen (secondary N) is 4. The highest BCUT2D eigenvalue weighted by atomic mass is 32.2. The smallest absolute Gasteiger partial charge is 0.407 e. The average molecular weight is 653 g/mol. The van der Waals surface area contributed by atoms with Gasteiger partial charge >= 0.3 is 6.09 Å². The van der Waals surface area contributed by atoms with Gasteiger partial charge in [0.25, 0.3) is 0 Å². The van der Waals surface area contributed by atoms with E-state index in [9.17, 15) is 31.2 Å². The van der Waals surface area contributed by atoms with Crippen LogP contribution < -0.4 is 20.7 Å². The van der Waals surface area contributed by atoms with E-state index in [4.69, 9.17) is 11.2 Å². The van der Waals surface area contributed by atoms with Crippen molar-refractivity contribution in [3.05, 3.63) is 65.2 Å². The Balaban J connectivity index is 1.59. The van der Waals surface area contributed by atoms with E-state index in [0.29, 0.717) is 18.4 Å². The molecule has 2 amide bonds. The number of anilines is 1. The standard InChI is InChI=1S/C31H36F4N4O5S/c1-3-22-6-5-15-45(42,43)39-23(18-36-22)13-14-24-25(33)7-4-8-26(24)37-29(40)28(38-30(41)44-2)27(20-16-31(34,35)17-20)19-9-11-21(32)12-10-19/h1,4,7-12,20,22-23,27-28,36,39H,5-6,13-18H2,2H3,(H,37,40)(H,38,41)/t22?,23?,27-,28+/m1/s1. The number of hydrogen-bond donors (Lipinski definition) is 4. The highest BCUT2D eigenvalue weighted by Crippen LogP contribution is 2.50. The normalized spacial score (nSPS) is 22.7. The van der Waals surface area contributed by atoms with E-state index in [1.165, 1.54) is 30.3 Å². The molecule has 4 rings (SSSR count). The van der Waals surface area contributed by atoms with Gasteiger partial charge in [0, 0.05) is 42.6 Å². The Bertz CT molecular complexity index is 1510. The second-order valence-electron chi connectivity index (χ2n) is 11.4. The SMILES string of the molecule is C#CC1CCCS(=O)(=O)NC(CCc2c(F)cccc2NC(=O)[C@@H](NC(=O)OC)[C@H](c2ccc(F)cc2)C2CC(F)(F)C2)CN1. The second kappa shape index (κ2) is 14.6. The van der Waals surface area contributed by atoms with E-state index >= 15 is 4.39 Å². The Hall–Kier alpha value is -3.67. The van der Waals surface area contributed by atoms with Gasteiger partial charge in [-0.25, -0.2) is 35.5 Å². The number of hydrogen-bond acceptors (Lipinski definition) is 6. The van der Waals surface area contributed by atoms with Gasteiger partial charge in [0.05, 0.1) is 18.9 Å². The number of alkyl carbamates (subject to hydrolysis) is 1. The number of halogens is 4. The number of methoxy groups -OCH3 is 1. The molecule has 2 aromatic carbocycles. The molecule has 1 saturated carbocycles. The van der Waals surface area contributed by atoms with Crippen LogP contribution in [-0.2, 0) is 26.0 Å². The molecule has 4 atom stereocenters. The lowest BCUT2D eigenvalue weighted by atomic mass is 9.67. The Labute approximate surface area is 259 Å². The second-order valence-corrected chi connectivity index (χ2v) is 13.3. The molecular weight excluding hydrogens is 616 g/mol. The molecule has 0 radical (unpaired) electrons. The summed E-state index contributed by atoms with van der Waals surface area (Å²) < 4.78 is 89.3. The summed E-state index contributed by atoms with van der Waals surface area (Å²) in [4.78, 5) is 26.2. The number of carbonyl (C=O) groups is 2. The monoisotopic (exact) mass is 652 g/mol. The van der Waals surface area contributed by atoms with E-state index in [1.807, 2.05) is 0 Å². The third-order valence-electron chi connectivity index (χ3n) is 8.17. The van der Waals surface area contributed by atoms with E-state index in [2.05, 4.69) is 26.6 Å². The van der Waals surface area contributed by atoms with Crippen molar-refractivity contribution in [2.45, 2.75) is 68.5 Å². The number of terminal acetylenes is 1. The largest absolute Gasteiger partial charge is 0.453 e. The molecule has 2 aromatic rings. The van der Waals surface area contributed by atoms with Crippen LogP contribution >= 0.6 is 0 Å². The molecule has 2 fully saturated rings. The van der Waals surface area contributed by atoms with Crippen LogP contribution in [0, 0.1) is 29.9 Å². The van der Waals surface area contributed by atoms with Crippen molar-refractivity contribution in [2.24, 2.45) is 5.92 Å². The predicted molar refractivity (Wildman–Crippen MR) is 160 cm³/mol. The first-order valence-electron chi connectivity index (χ1n) is 14.6. The number of benzene rings is 2. The Morgan fingerprint density at radius 3 is 2.51 bits per heavy atom. The summed E-state index contributed by atoms with van der Waals surface area (Å²) in [6, 6.07) is 6.56. The fourth-order valence-electron chi connectivity index (χ4n) is 5.87. The van der Waals surface area contributed by atoms with Crippen LogP contribution in [0.3, 0.4) is 0 Å².